The molecular formula is C18H22ClN3O3. The summed E-state index contributed by atoms with van der Waals surface area (Å²) in [4.78, 5) is 23.8. The summed E-state index contributed by atoms with van der Waals surface area (Å²) in [6.07, 6.45) is 4.19. The molecule has 1 aromatic carbocycles. The Morgan fingerprint density at radius 2 is 2.00 bits per heavy atom. The Balaban J connectivity index is 0.00000225. The van der Waals surface area contributed by atoms with Crippen LogP contribution >= 0.6 is 12.4 Å². The first-order valence-electron chi connectivity index (χ1n) is 8.14. The molecular weight excluding hydrogens is 342 g/mol. The average molecular weight is 364 g/mol. The maximum atomic E-state index is 11.9. The molecule has 3 N–H and O–H groups in total. The van der Waals surface area contributed by atoms with Crippen molar-refractivity contribution < 1.29 is 14.0 Å². The number of benzene rings is 1. The van der Waals surface area contributed by atoms with Crippen molar-refractivity contribution in [3.05, 3.63) is 54.0 Å². The lowest BCUT2D eigenvalue weighted by Gasteiger charge is -2.11. The molecule has 0 bridgehead atoms. The summed E-state index contributed by atoms with van der Waals surface area (Å²) in [7, 11) is 0. The lowest BCUT2D eigenvalue weighted by molar-refractivity contribution is -0.121. The van der Waals surface area contributed by atoms with Crippen molar-refractivity contribution in [3.63, 3.8) is 0 Å². The number of hydrogen-bond donors (Lipinski definition) is 3. The Bertz CT molecular complexity index is 680. The third kappa shape index (κ3) is 5.62. The second-order valence-corrected chi connectivity index (χ2v) is 5.90. The van der Waals surface area contributed by atoms with Crippen molar-refractivity contribution in [1.29, 1.82) is 0 Å². The van der Waals surface area contributed by atoms with Crippen molar-refractivity contribution in [2.45, 2.75) is 31.8 Å². The smallest absolute Gasteiger partial charge is 0.291 e. The fourth-order valence-electron chi connectivity index (χ4n) is 2.73. The Morgan fingerprint density at radius 1 is 1.20 bits per heavy atom. The molecule has 1 fully saturated rings. The minimum Gasteiger partial charge on any atom is -0.459 e. The second-order valence-electron chi connectivity index (χ2n) is 5.90. The zero-order valence-corrected chi connectivity index (χ0v) is 14.6. The molecule has 25 heavy (non-hydrogen) atoms. The summed E-state index contributed by atoms with van der Waals surface area (Å²) in [6.45, 7) is 1.49. The van der Waals surface area contributed by atoms with Crippen molar-refractivity contribution in [3.8, 4) is 0 Å². The summed E-state index contributed by atoms with van der Waals surface area (Å²) in [5.41, 5.74) is 1.67. The number of nitrogens with one attached hydrogen (secondary N) is 3. The van der Waals surface area contributed by atoms with Gasteiger partial charge in [-0.05, 0) is 49.2 Å². The lowest BCUT2D eigenvalue weighted by Crippen LogP contribution is -2.31. The van der Waals surface area contributed by atoms with Gasteiger partial charge in [-0.3, -0.25) is 9.59 Å². The van der Waals surface area contributed by atoms with Crippen molar-refractivity contribution in [2.24, 2.45) is 0 Å². The second kappa shape index (κ2) is 9.25. The first-order chi connectivity index (χ1) is 11.7. The topological polar surface area (TPSA) is 83.4 Å². The van der Waals surface area contributed by atoms with Crippen LogP contribution in [0.2, 0.25) is 0 Å². The maximum absolute atomic E-state index is 11.9. The molecule has 1 aromatic heterocycles. The van der Waals surface area contributed by atoms with E-state index >= 15 is 0 Å². The molecule has 1 aliphatic heterocycles. The fraction of sp³-hybridized carbons (Fsp3) is 0.333. The third-order valence-corrected chi connectivity index (χ3v) is 4.04. The van der Waals surface area contributed by atoms with E-state index < -0.39 is 0 Å². The highest BCUT2D eigenvalue weighted by atomic mass is 35.5. The van der Waals surface area contributed by atoms with Gasteiger partial charge in [-0.15, -0.1) is 12.4 Å². The van der Waals surface area contributed by atoms with Gasteiger partial charge in [-0.2, -0.15) is 0 Å². The third-order valence-electron chi connectivity index (χ3n) is 4.04. The highest BCUT2D eigenvalue weighted by Gasteiger charge is 2.17. The van der Waals surface area contributed by atoms with Gasteiger partial charge in [0.1, 0.15) is 0 Å². The van der Waals surface area contributed by atoms with Gasteiger partial charge in [-0.1, -0.05) is 12.1 Å². The van der Waals surface area contributed by atoms with Crippen LogP contribution in [0.1, 0.15) is 35.4 Å². The minimum absolute atomic E-state index is 0. The van der Waals surface area contributed by atoms with Crippen LogP contribution in [0.4, 0.5) is 5.69 Å². The standard InChI is InChI=1S/C18H21N3O3.ClH/c22-17(11-15-3-1-9-19-15)20-12-13-5-7-14(8-6-13)21-18(23)16-4-2-10-24-16;/h2,4-8,10,15,19H,1,3,9,11-12H2,(H,20,22)(H,21,23);1H. The van der Waals surface area contributed by atoms with Gasteiger partial charge in [0.2, 0.25) is 5.91 Å². The van der Waals surface area contributed by atoms with Crippen LogP contribution in [0.15, 0.2) is 47.1 Å². The van der Waals surface area contributed by atoms with Crippen molar-refractivity contribution in [1.82, 2.24) is 10.6 Å². The highest BCUT2D eigenvalue weighted by Crippen LogP contribution is 2.12. The van der Waals surface area contributed by atoms with Gasteiger partial charge >= 0.3 is 0 Å². The largest absolute Gasteiger partial charge is 0.459 e. The van der Waals surface area contributed by atoms with Crippen LogP contribution in [0.3, 0.4) is 0 Å². The summed E-state index contributed by atoms with van der Waals surface area (Å²) in [5, 5.41) is 9.00. The monoisotopic (exact) mass is 363 g/mol. The first-order valence-corrected chi connectivity index (χ1v) is 8.14. The van der Waals surface area contributed by atoms with Crippen LogP contribution in [-0.4, -0.2) is 24.4 Å². The molecule has 2 amide bonds. The highest BCUT2D eigenvalue weighted by molar-refractivity contribution is 6.02. The van der Waals surface area contributed by atoms with Crippen LogP contribution in [0.5, 0.6) is 0 Å². The summed E-state index contributed by atoms with van der Waals surface area (Å²) < 4.78 is 5.05. The predicted octanol–water partition coefficient (Wildman–Crippen LogP) is 2.71. The van der Waals surface area contributed by atoms with Gasteiger partial charge in [0, 0.05) is 24.7 Å². The molecule has 3 rings (SSSR count). The number of carbonyl (C=O) groups is 2. The van der Waals surface area contributed by atoms with E-state index in [1.807, 2.05) is 12.1 Å². The zero-order chi connectivity index (χ0) is 16.8. The number of rotatable bonds is 6. The van der Waals surface area contributed by atoms with Gasteiger partial charge in [0.25, 0.3) is 5.91 Å². The molecule has 0 spiro atoms. The fourth-order valence-corrected chi connectivity index (χ4v) is 2.73. The van der Waals surface area contributed by atoms with Crippen molar-refractivity contribution >= 4 is 29.9 Å². The molecule has 1 aliphatic rings. The van der Waals surface area contributed by atoms with Crippen LogP contribution in [0.25, 0.3) is 0 Å². The predicted molar refractivity (Wildman–Crippen MR) is 97.8 cm³/mol. The van der Waals surface area contributed by atoms with Crippen LogP contribution < -0.4 is 16.0 Å². The van der Waals surface area contributed by atoms with E-state index in [0.717, 1.165) is 24.9 Å². The maximum Gasteiger partial charge on any atom is 0.291 e. The van der Waals surface area contributed by atoms with Crippen LogP contribution in [-0.2, 0) is 11.3 Å². The van der Waals surface area contributed by atoms with Crippen molar-refractivity contribution in [2.75, 3.05) is 11.9 Å². The number of furan rings is 1. The number of carbonyl (C=O) groups excluding carboxylic acids is 2. The molecule has 2 aromatic rings. The quantitative estimate of drug-likeness (QED) is 0.736. The molecule has 0 radical (unpaired) electrons. The minimum atomic E-state index is -0.287. The SMILES string of the molecule is Cl.O=C(CC1CCCN1)NCc1ccc(NC(=O)c2ccco2)cc1. The Kier molecular flexibility index (Phi) is 7.03. The van der Waals surface area contributed by atoms with E-state index in [2.05, 4.69) is 16.0 Å². The molecule has 6 nitrogen and oxygen atoms in total. The van der Waals surface area contributed by atoms with Gasteiger partial charge in [-0.25, -0.2) is 0 Å². The van der Waals surface area contributed by atoms with Gasteiger partial charge < -0.3 is 20.4 Å². The number of anilines is 1. The first kappa shape index (κ1) is 19.0. The van der Waals surface area contributed by atoms with Gasteiger partial charge in [0.05, 0.1) is 6.26 Å². The lowest BCUT2D eigenvalue weighted by atomic mass is 10.1. The molecule has 0 aliphatic carbocycles. The molecule has 2 heterocycles. The molecule has 0 saturated carbocycles. The average Bonchev–Trinajstić information content (AvgIpc) is 3.28. The molecule has 7 heteroatoms. The number of hydrogen-bond acceptors (Lipinski definition) is 4. The summed E-state index contributed by atoms with van der Waals surface area (Å²) >= 11 is 0. The summed E-state index contributed by atoms with van der Waals surface area (Å²) in [6, 6.07) is 11.0. The summed E-state index contributed by atoms with van der Waals surface area (Å²) in [5.74, 6) is 0.0431. The molecule has 1 atom stereocenters. The van der Waals surface area contributed by atoms with E-state index in [1.165, 1.54) is 6.26 Å². The van der Waals surface area contributed by atoms with Crippen LogP contribution in [0, 0.1) is 0 Å². The van der Waals surface area contributed by atoms with E-state index in [0.29, 0.717) is 24.7 Å². The Morgan fingerprint density at radius 3 is 2.64 bits per heavy atom. The Labute approximate surface area is 152 Å². The Hall–Kier alpha value is -2.31. The normalized spacial score (nSPS) is 16.1. The van der Waals surface area contributed by atoms with E-state index in [4.69, 9.17) is 4.42 Å². The molecule has 1 saturated heterocycles. The number of amides is 2. The van der Waals surface area contributed by atoms with E-state index in [9.17, 15) is 9.59 Å². The zero-order valence-electron chi connectivity index (χ0n) is 13.8. The molecule has 134 valence electrons. The van der Waals surface area contributed by atoms with E-state index in [-0.39, 0.29) is 30.0 Å². The van der Waals surface area contributed by atoms with E-state index in [1.54, 1.807) is 24.3 Å². The number of halogens is 1. The molecule has 1 unspecified atom stereocenters. The van der Waals surface area contributed by atoms with Gasteiger partial charge in [0.15, 0.2) is 5.76 Å².